The van der Waals surface area contributed by atoms with Crippen LogP contribution < -0.4 is 0 Å². The molecule has 0 radical (unpaired) electrons. The average molecular weight is 195 g/mol. The van der Waals surface area contributed by atoms with Crippen LogP contribution in [-0.4, -0.2) is 25.7 Å². The Balaban J connectivity index is 2.03. The molecule has 2 unspecified atom stereocenters. The van der Waals surface area contributed by atoms with Crippen molar-refractivity contribution in [3.63, 3.8) is 0 Å². The molecule has 1 aromatic rings. The van der Waals surface area contributed by atoms with Crippen LogP contribution in [0, 0.1) is 5.92 Å². The summed E-state index contributed by atoms with van der Waals surface area (Å²) in [5, 5.41) is 18.1. The lowest BCUT2D eigenvalue weighted by atomic mass is 9.95. The van der Waals surface area contributed by atoms with E-state index in [0.717, 1.165) is 25.0 Å². The summed E-state index contributed by atoms with van der Waals surface area (Å²) in [6.07, 6.45) is 5.43. The predicted molar refractivity (Wildman–Crippen MR) is 52.7 cm³/mol. The predicted octanol–water partition coefficient (Wildman–Crippen LogP) is 0.909. The standard InChI is InChI=1S/C10H17N3O/c1-8-3-4-10(14,5-8)6-9-7-13(2)12-11-9/h7-8,14H,3-6H2,1-2H3. The van der Waals surface area contributed by atoms with E-state index in [2.05, 4.69) is 17.2 Å². The van der Waals surface area contributed by atoms with Crippen LogP contribution in [0.2, 0.25) is 0 Å². The molecule has 1 saturated carbocycles. The molecule has 2 atom stereocenters. The van der Waals surface area contributed by atoms with Gasteiger partial charge >= 0.3 is 0 Å². The average Bonchev–Trinajstić information content (AvgIpc) is 2.60. The van der Waals surface area contributed by atoms with E-state index in [9.17, 15) is 5.11 Å². The smallest absolute Gasteiger partial charge is 0.0855 e. The third-order valence-electron chi connectivity index (χ3n) is 2.99. The first-order chi connectivity index (χ1) is 6.57. The minimum absolute atomic E-state index is 0.532. The van der Waals surface area contributed by atoms with E-state index in [4.69, 9.17) is 0 Å². The molecule has 4 heteroatoms. The number of aliphatic hydroxyl groups is 1. The Morgan fingerprint density at radius 3 is 3.00 bits per heavy atom. The summed E-state index contributed by atoms with van der Waals surface area (Å²) in [6, 6.07) is 0. The van der Waals surface area contributed by atoms with E-state index < -0.39 is 5.60 Å². The molecule has 14 heavy (non-hydrogen) atoms. The van der Waals surface area contributed by atoms with Gasteiger partial charge in [-0.3, -0.25) is 4.68 Å². The van der Waals surface area contributed by atoms with Crippen molar-refractivity contribution in [2.45, 2.75) is 38.2 Å². The van der Waals surface area contributed by atoms with Crippen molar-refractivity contribution in [3.05, 3.63) is 11.9 Å². The molecule has 1 aliphatic rings. The van der Waals surface area contributed by atoms with Gasteiger partial charge in [0.15, 0.2) is 0 Å². The number of aromatic nitrogens is 3. The molecule has 0 bridgehead atoms. The highest BCUT2D eigenvalue weighted by Crippen LogP contribution is 2.36. The summed E-state index contributed by atoms with van der Waals surface area (Å²) in [6.45, 7) is 2.19. The lowest BCUT2D eigenvalue weighted by Crippen LogP contribution is -2.27. The normalized spacial score (nSPS) is 32.4. The third kappa shape index (κ3) is 1.95. The summed E-state index contributed by atoms with van der Waals surface area (Å²) in [4.78, 5) is 0. The highest BCUT2D eigenvalue weighted by molar-refractivity contribution is 5.02. The van der Waals surface area contributed by atoms with E-state index in [1.807, 2.05) is 13.2 Å². The van der Waals surface area contributed by atoms with Crippen molar-refractivity contribution in [1.82, 2.24) is 15.0 Å². The van der Waals surface area contributed by atoms with Gasteiger partial charge < -0.3 is 5.11 Å². The minimum atomic E-state index is -0.532. The van der Waals surface area contributed by atoms with Crippen molar-refractivity contribution in [1.29, 1.82) is 0 Å². The van der Waals surface area contributed by atoms with E-state index >= 15 is 0 Å². The molecule has 78 valence electrons. The maximum atomic E-state index is 10.2. The first kappa shape index (κ1) is 9.65. The zero-order valence-corrected chi connectivity index (χ0v) is 8.77. The summed E-state index contributed by atoms with van der Waals surface area (Å²) >= 11 is 0. The van der Waals surface area contributed by atoms with Crippen molar-refractivity contribution in [2.24, 2.45) is 13.0 Å². The van der Waals surface area contributed by atoms with Crippen LogP contribution in [0.5, 0.6) is 0 Å². The molecular weight excluding hydrogens is 178 g/mol. The fraction of sp³-hybridized carbons (Fsp3) is 0.800. The van der Waals surface area contributed by atoms with Gasteiger partial charge in [-0.15, -0.1) is 5.10 Å². The van der Waals surface area contributed by atoms with Gasteiger partial charge in [0.1, 0.15) is 0 Å². The molecule has 0 aliphatic heterocycles. The lowest BCUT2D eigenvalue weighted by Gasteiger charge is -2.20. The van der Waals surface area contributed by atoms with E-state index in [-0.39, 0.29) is 0 Å². The van der Waals surface area contributed by atoms with Crippen LogP contribution in [0.3, 0.4) is 0 Å². The molecule has 1 aromatic heterocycles. The van der Waals surface area contributed by atoms with Gasteiger partial charge in [0.25, 0.3) is 0 Å². The Labute approximate surface area is 83.9 Å². The van der Waals surface area contributed by atoms with E-state index in [1.165, 1.54) is 0 Å². The quantitative estimate of drug-likeness (QED) is 0.763. The van der Waals surface area contributed by atoms with Crippen LogP contribution in [0.4, 0.5) is 0 Å². The molecule has 1 N–H and O–H groups in total. The summed E-state index contributed by atoms with van der Waals surface area (Å²) < 4.78 is 1.68. The summed E-state index contributed by atoms with van der Waals surface area (Å²) in [7, 11) is 1.85. The van der Waals surface area contributed by atoms with Crippen LogP contribution in [-0.2, 0) is 13.5 Å². The number of aryl methyl sites for hydroxylation is 1. The Kier molecular flexibility index (Phi) is 2.31. The lowest BCUT2D eigenvalue weighted by molar-refractivity contribution is 0.0436. The second kappa shape index (κ2) is 3.35. The second-order valence-corrected chi connectivity index (χ2v) is 4.63. The van der Waals surface area contributed by atoms with Crippen molar-refractivity contribution in [2.75, 3.05) is 0 Å². The molecule has 1 heterocycles. The van der Waals surface area contributed by atoms with Gasteiger partial charge in [-0.25, -0.2) is 0 Å². The Morgan fingerprint density at radius 1 is 1.71 bits per heavy atom. The fourth-order valence-electron chi connectivity index (χ4n) is 2.34. The highest BCUT2D eigenvalue weighted by atomic mass is 16.3. The zero-order chi connectivity index (χ0) is 10.2. The van der Waals surface area contributed by atoms with Crippen LogP contribution in [0.1, 0.15) is 31.9 Å². The van der Waals surface area contributed by atoms with Gasteiger partial charge in [0, 0.05) is 19.7 Å². The molecule has 1 aliphatic carbocycles. The molecule has 1 fully saturated rings. The van der Waals surface area contributed by atoms with Gasteiger partial charge in [-0.1, -0.05) is 12.1 Å². The monoisotopic (exact) mass is 195 g/mol. The van der Waals surface area contributed by atoms with Crippen molar-refractivity contribution in [3.8, 4) is 0 Å². The topological polar surface area (TPSA) is 50.9 Å². The summed E-state index contributed by atoms with van der Waals surface area (Å²) in [5.41, 5.74) is 0.360. The van der Waals surface area contributed by atoms with Crippen molar-refractivity contribution >= 4 is 0 Å². The summed E-state index contributed by atoms with van der Waals surface area (Å²) in [5.74, 6) is 0.636. The van der Waals surface area contributed by atoms with Gasteiger partial charge in [0.05, 0.1) is 11.3 Å². The van der Waals surface area contributed by atoms with Crippen molar-refractivity contribution < 1.29 is 5.11 Å². The Bertz CT molecular complexity index is 323. The molecule has 2 rings (SSSR count). The van der Waals surface area contributed by atoms with Crippen LogP contribution in [0.25, 0.3) is 0 Å². The zero-order valence-electron chi connectivity index (χ0n) is 8.77. The minimum Gasteiger partial charge on any atom is -0.389 e. The molecule has 4 nitrogen and oxygen atoms in total. The van der Waals surface area contributed by atoms with Crippen LogP contribution in [0.15, 0.2) is 6.20 Å². The van der Waals surface area contributed by atoms with E-state index in [1.54, 1.807) is 4.68 Å². The van der Waals surface area contributed by atoms with Gasteiger partial charge in [-0.05, 0) is 25.2 Å². The largest absolute Gasteiger partial charge is 0.389 e. The maximum Gasteiger partial charge on any atom is 0.0855 e. The third-order valence-corrected chi connectivity index (χ3v) is 2.99. The number of nitrogens with zero attached hydrogens (tertiary/aromatic N) is 3. The number of hydrogen-bond donors (Lipinski definition) is 1. The number of hydrogen-bond acceptors (Lipinski definition) is 3. The molecular formula is C10H17N3O. The first-order valence-electron chi connectivity index (χ1n) is 5.15. The molecule has 0 spiro atoms. The Morgan fingerprint density at radius 2 is 2.50 bits per heavy atom. The highest BCUT2D eigenvalue weighted by Gasteiger charge is 2.35. The van der Waals surface area contributed by atoms with E-state index in [0.29, 0.717) is 12.3 Å². The number of rotatable bonds is 2. The van der Waals surface area contributed by atoms with Gasteiger partial charge in [-0.2, -0.15) is 0 Å². The molecule has 0 aromatic carbocycles. The van der Waals surface area contributed by atoms with Crippen LogP contribution >= 0.6 is 0 Å². The SMILES string of the molecule is CC1CCC(O)(Cc2cn(C)nn2)C1. The molecule has 0 amide bonds. The fourth-order valence-corrected chi connectivity index (χ4v) is 2.34. The maximum absolute atomic E-state index is 10.2. The second-order valence-electron chi connectivity index (χ2n) is 4.63. The first-order valence-corrected chi connectivity index (χ1v) is 5.15. The van der Waals surface area contributed by atoms with Gasteiger partial charge in [0.2, 0.25) is 0 Å². The molecule has 0 saturated heterocycles. The Hall–Kier alpha value is -0.900.